The van der Waals surface area contributed by atoms with Crippen molar-refractivity contribution in [1.29, 1.82) is 0 Å². The number of benzene rings is 1. The molecule has 0 unspecified atom stereocenters. The zero-order valence-electron chi connectivity index (χ0n) is 15.0. The standard InChI is InChI=1S/C19H20N4O3/c1-4-26-19(24)18-11-17(16-8-9-20-13(2)21-16)22-23(18)12-14-6-5-7-15(10-14)25-3/h5-11H,4,12H2,1-3H3. The highest BCUT2D eigenvalue weighted by atomic mass is 16.5. The molecule has 0 fully saturated rings. The Hall–Kier alpha value is -3.22. The van der Waals surface area contributed by atoms with Gasteiger partial charge >= 0.3 is 5.97 Å². The van der Waals surface area contributed by atoms with Crippen molar-refractivity contribution in [3.63, 3.8) is 0 Å². The summed E-state index contributed by atoms with van der Waals surface area (Å²) in [6, 6.07) is 11.1. The number of nitrogens with zero attached hydrogens (tertiary/aromatic N) is 4. The molecular formula is C19H20N4O3. The molecule has 0 radical (unpaired) electrons. The van der Waals surface area contributed by atoms with E-state index in [1.54, 1.807) is 37.0 Å². The van der Waals surface area contributed by atoms with Crippen molar-refractivity contribution in [3.05, 3.63) is 59.7 Å². The van der Waals surface area contributed by atoms with Crippen LogP contribution in [0.4, 0.5) is 0 Å². The van der Waals surface area contributed by atoms with Gasteiger partial charge in [-0.1, -0.05) is 12.1 Å². The summed E-state index contributed by atoms with van der Waals surface area (Å²) in [7, 11) is 1.62. The summed E-state index contributed by atoms with van der Waals surface area (Å²) < 4.78 is 12.0. The number of rotatable bonds is 6. The maximum atomic E-state index is 12.3. The molecule has 26 heavy (non-hydrogen) atoms. The Bertz CT molecular complexity index is 921. The molecular weight excluding hydrogens is 332 g/mol. The SMILES string of the molecule is CCOC(=O)c1cc(-c2ccnc(C)n2)nn1Cc1cccc(OC)c1. The van der Waals surface area contributed by atoms with Crippen molar-refractivity contribution in [1.82, 2.24) is 19.7 Å². The van der Waals surface area contributed by atoms with Gasteiger partial charge in [0.1, 0.15) is 23.0 Å². The zero-order valence-corrected chi connectivity index (χ0v) is 15.0. The fourth-order valence-corrected chi connectivity index (χ4v) is 2.57. The molecule has 0 aliphatic carbocycles. The molecule has 7 nitrogen and oxygen atoms in total. The molecule has 0 aliphatic rings. The Balaban J connectivity index is 2.00. The van der Waals surface area contributed by atoms with Crippen molar-refractivity contribution < 1.29 is 14.3 Å². The molecule has 0 bridgehead atoms. The van der Waals surface area contributed by atoms with Crippen LogP contribution in [0.1, 0.15) is 28.8 Å². The topological polar surface area (TPSA) is 79.1 Å². The maximum Gasteiger partial charge on any atom is 0.356 e. The lowest BCUT2D eigenvalue weighted by molar-refractivity contribution is 0.0512. The van der Waals surface area contributed by atoms with Crippen LogP contribution in [0.2, 0.25) is 0 Å². The number of carbonyl (C=O) groups excluding carboxylic acids is 1. The van der Waals surface area contributed by atoms with Crippen LogP contribution >= 0.6 is 0 Å². The lowest BCUT2D eigenvalue weighted by Crippen LogP contribution is -2.14. The van der Waals surface area contributed by atoms with E-state index in [-0.39, 0.29) is 0 Å². The number of carbonyl (C=O) groups is 1. The van der Waals surface area contributed by atoms with Crippen LogP contribution in [-0.4, -0.2) is 39.4 Å². The number of esters is 1. The summed E-state index contributed by atoms with van der Waals surface area (Å²) >= 11 is 0. The second-order valence-electron chi connectivity index (χ2n) is 5.63. The predicted molar refractivity (Wildman–Crippen MR) is 96.0 cm³/mol. The van der Waals surface area contributed by atoms with E-state index in [1.165, 1.54) is 0 Å². The summed E-state index contributed by atoms with van der Waals surface area (Å²) in [5.74, 6) is 0.974. The predicted octanol–water partition coefficient (Wildman–Crippen LogP) is 2.88. The van der Waals surface area contributed by atoms with E-state index < -0.39 is 5.97 Å². The lowest BCUT2D eigenvalue weighted by Gasteiger charge is -2.08. The van der Waals surface area contributed by atoms with Gasteiger partial charge in [0.15, 0.2) is 0 Å². The Morgan fingerprint density at radius 3 is 2.77 bits per heavy atom. The maximum absolute atomic E-state index is 12.3. The second kappa shape index (κ2) is 7.77. The van der Waals surface area contributed by atoms with Crippen LogP contribution in [0.3, 0.4) is 0 Å². The molecule has 0 aliphatic heterocycles. The molecule has 3 rings (SSSR count). The first-order chi connectivity index (χ1) is 12.6. The number of aryl methyl sites for hydroxylation is 1. The van der Waals surface area contributed by atoms with Gasteiger partial charge in [0.25, 0.3) is 0 Å². The largest absolute Gasteiger partial charge is 0.497 e. The van der Waals surface area contributed by atoms with Gasteiger partial charge in [-0.3, -0.25) is 4.68 Å². The smallest absolute Gasteiger partial charge is 0.356 e. The molecule has 0 amide bonds. The third-order valence-corrected chi connectivity index (χ3v) is 3.77. The van der Waals surface area contributed by atoms with E-state index in [4.69, 9.17) is 9.47 Å². The molecule has 1 aromatic carbocycles. The van der Waals surface area contributed by atoms with Crippen LogP contribution in [0.15, 0.2) is 42.6 Å². The summed E-state index contributed by atoms with van der Waals surface area (Å²) in [5, 5.41) is 4.56. The summed E-state index contributed by atoms with van der Waals surface area (Å²) in [4.78, 5) is 20.8. The number of hydrogen-bond donors (Lipinski definition) is 0. The minimum Gasteiger partial charge on any atom is -0.497 e. The van der Waals surface area contributed by atoms with Crippen molar-refractivity contribution in [2.24, 2.45) is 0 Å². The van der Waals surface area contributed by atoms with Gasteiger partial charge in [-0.15, -0.1) is 0 Å². The fraction of sp³-hybridized carbons (Fsp3) is 0.263. The van der Waals surface area contributed by atoms with E-state index in [0.29, 0.717) is 36.1 Å². The lowest BCUT2D eigenvalue weighted by atomic mass is 10.2. The number of hydrogen-bond acceptors (Lipinski definition) is 6. The zero-order chi connectivity index (χ0) is 18.5. The molecule has 0 atom stereocenters. The molecule has 2 aromatic heterocycles. The van der Waals surface area contributed by atoms with Gasteiger partial charge in [0.2, 0.25) is 0 Å². The Morgan fingerprint density at radius 1 is 1.19 bits per heavy atom. The monoisotopic (exact) mass is 352 g/mol. The number of methoxy groups -OCH3 is 1. The first-order valence-corrected chi connectivity index (χ1v) is 8.28. The molecule has 134 valence electrons. The van der Waals surface area contributed by atoms with Gasteiger partial charge in [-0.2, -0.15) is 5.10 Å². The third kappa shape index (κ3) is 3.88. The summed E-state index contributed by atoms with van der Waals surface area (Å²) in [6.07, 6.45) is 1.67. The van der Waals surface area contributed by atoms with Gasteiger partial charge in [0, 0.05) is 12.3 Å². The summed E-state index contributed by atoms with van der Waals surface area (Å²) in [6.45, 7) is 4.29. The van der Waals surface area contributed by atoms with Crippen LogP contribution in [0.5, 0.6) is 5.75 Å². The second-order valence-corrected chi connectivity index (χ2v) is 5.63. The average molecular weight is 352 g/mol. The molecule has 0 saturated heterocycles. The van der Waals surface area contributed by atoms with Gasteiger partial charge in [-0.05, 0) is 37.6 Å². The quantitative estimate of drug-likeness (QED) is 0.635. The van der Waals surface area contributed by atoms with Gasteiger partial charge in [-0.25, -0.2) is 14.8 Å². The van der Waals surface area contributed by atoms with Gasteiger partial charge in [0.05, 0.1) is 26.0 Å². The van der Waals surface area contributed by atoms with Crippen molar-refractivity contribution in [2.75, 3.05) is 13.7 Å². The van der Waals surface area contributed by atoms with Crippen LogP contribution in [0, 0.1) is 6.92 Å². The van der Waals surface area contributed by atoms with E-state index in [0.717, 1.165) is 11.3 Å². The average Bonchev–Trinajstić information content (AvgIpc) is 3.06. The molecule has 0 spiro atoms. The van der Waals surface area contributed by atoms with E-state index in [2.05, 4.69) is 15.1 Å². The minimum atomic E-state index is -0.417. The molecule has 7 heteroatoms. The number of aromatic nitrogens is 4. The fourth-order valence-electron chi connectivity index (χ4n) is 2.57. The van der Waals surface area contributed by atoms with Crippen LogP contribution < -0.4 is 4.74 Å². The molecule has 3 aromatic rings. The first kappa shape index (κ1) is 17.6. The van der Waals surface area contributed by atoms with E-state index >= 15 is 0 Å². The first-order valence-electron chi connectivity index (χ1n) is 8.28. The summed E-state index contributed by atoms with van der Waals surface area (Å²) in [5.41, 5.74) is 2.60. The minimum absolute atomic E-state index is 0.297. The number of ether oxygens (including phenoxy) is 2. The Morgan fingerprint density at radius 2 is 2.04 bits per heavy atom. The Kier molecular flexibility index (Phi) is 5.26. The molecule has 2 heterocycles. The van der Waals surface area contributed by atoms with E-state index in [9.17, 15) is 4.79 Å². The molecule has 0 N–H and O–H groups in total. The van der Waals surface area contributed by atoms with Crippen molar-refractivity contribution in [2.45, 2.75) is 20.4 Å². The van der Waals surface area contributed by atoms with Gasteiger partial charge < -0.3 is 9.47 Å². The van der Waals surface area contributed by atoms with E-state index in [1.807, 2.05) is 31.2 Å². The highest BCUT2D eigenvalue weighted by Gasteiger charge is 2.18. The normalized spacial score (nSPS) is 10.6. The van der Waals surface area contributed by atoms with Crippen LogP contribution in [-0.2, 0) is 11.3 Å². The highest BCUT2D eigenvalue weighted by molar-refractivity contribution is 5.89. The van der Waals surface area contributed by atoms with Crippen molar-refractivity contribution in [3.8, 4) is 17.1 Å². The van der Waals surface area contributed by atoms with Crippen molar-refractivity contribution >= 4 is 5.97 Å². The Labute approximate surface area is 151 Å². The third-order valence-electron chi connectivity index (χ3n) is 3.77. The molecule has 0 saturated carbocycles. The van der Waals surface area contributed by atoms with Crippen LogP contribution in [0.25, 0.3) is 11.4 Å². The highest BCUT2D eigenvalue weighted by Crippen LogP contribution is 2.20.